The number of carboxylic acid groups (broad SMARTS) is 1. The van der Waals surface area contributed by atoms with Gasteiger partial charge in [-0.1, -0.05) is 13.8 Å². The fraction of sp³-hybridized carbons (Fsp3) is 0.778. The SMILES string of the molecule is CSCCC(NC(=O)C(N)CC(C)C)C(=O)N1CCCC1C(=O)NCC(=O)O. The van der Waals surface area contributed by atoms with Gasteiger partial charge in [-0.15, -0.1) is 0 Å². The highest BCUT2D eigenvalue weighted by atomic mass is 32.2. The van der Waals surface area contributed by atoms with Crippen LogP contribution < -0.4 is 16.4 Å². The summed E-state index contributed by atoms with van der Waals surface area (Å²) in [7, 11) is 0. The molecule has 5 N–H and O–H groups in total. The summed E-state index contributed by atoms with van der Waals surface area (Å²) in [5.41, 5.74) is 5.93. The number of nitrogens with two attached hydrogens (primary N) is 1. The Morgan fingerprint density at radius 1 is 1.29 bits per heavy atom. The molecule has 0 spiro atoms. The molecule has 160 valence electrons. The third-order valence-corrected chi connectivity index (χ3v) is 5.18. The van der Waals surface area contributed by atoms with E-state index in [1.165, 1.54) is 4.90 Å². The zero-order chi connectivity index (χ0) is 21.3. The maximum Gasteiger partial charge on any atom is 0.322 e. The van der Waals surface area contributed by atoms with Gasteiger partial charge in [-0.3, -0.25) is 19.2 Å². The van der Waals surface area contributed by atoms with E-state index >= 15 is 0 Å². The van der Waals surface area contributed by atoms with Crippen LogP contribution in [0.5, 0.6) is 0 Å². The maximum absolute atomic E-state index is 13.0. The van der Waals surface area contributed by atoms with Crippen molar-refractivity contribution < 1.29 is 24.3 Å². The quantitative estimate of drug-likeness (QED) is 0.365. The van der Waals surface area contributed by atoms with Gasteiger partial charge < -0.3 is 26.4 Å². The molecule has 0 aliphatic carbocycles. The molecular formula is C18H32N4O5S. The number of rotatable bonds is 11. The van der Waals surface area contributed by atoms with Crippen LogP contribution in [0.25, 0.3) is 0 Å². The van der Waals surface area contributed by atoms with Crippen molar-refractivity contribution in [1.82, 2.24) is 15.5 Å². The van der Waals surface area contributed by atoms with Crippen LogP contribution in [-0.4, -0.2) is 76.9 Å². The Hall–Kier alpha value is -1.81. The van der Waals surface area contributed by atoms with Crippen molar-refractivity contribution in [1.29, 1.82) is 0 Å². The first-order valence-electron chi connectivity index (χ1n) is 9.52. The molecule has 1 fully saturated rings. The zero-order valence-corrected chi connectivity index (χ0v) is 17.6. The number of carboxylic acids is 1. The van der Waals surface area contributed by atoms with Crippen molar-refractivity contribution >= 4 is 35.5 Å². The summed E-state index contributed by atoms with van der Waals surface area (Å²) in [6.45, 7) is 3.84. The molecule has 0 aromatic heterocycles. The van der Waals surface area contributed by atoms with E-state index in [9.17, 15) is 19.2 Å². The van der Waals surface area contributed by atoms with E-state index < -0.39 is 36.5 Å². The predicted octanol–water partition coefficient (Wildman–Crippen LogP) is -0.210. The number of carbonyl (C=O) groups is 4. The molecular weight excluding hydrogens is 384 g/mol. The van der Waals surface area contributed by atoms with Crippen LogP contribution in [0.4, 0.5) is 0 Å². The highest BCUT2D eigenvalue weighted by Gasteiger charge is 2.37. The van der Waals surface area contributed by atoms with Gasteiger partial charge in [0, 0.05) is 6.54 Å². The molecule has 3 unspecified atom stereocenters. The number of amides is 3. The third kappa shape index (κ3) is 7.67. The van der Waals surface area contributed by atoms with Gasteiger partial charge >= 0.3 is 5.97 Å². The van der Waals surface area contributed by atoms with Gasteiger partial charge in [0.1, 0.15) is 18.6 Å². The Balaban J connectivity index is 2.82. The molecule has 1 heterocycles. The minimum Gasteiger partial charge on any atom is -0.480 e. The summed E-state index contributed by atoms with van der Waals surface area (Å²) in [4.78, 5) is 49.8. The highest BCUT2D eigenvalue weighted by Crippen LogP contribution is 2.20. The number of hydrogen-bond donors (Lipinski definition) is 4. The van der Waals surface area contributed by atoms with E-state index in [4.69, 9.17) is 10.8 Å². The first-order chi connectivity index (χ1) is 13.2. The molecule has 9 nitrogen and oxygen atoms in total. The molecule has 1 aliphatic heterocycles. The fourth-order valence-corrected chi connectivity index (χ4v) is 3.64. The largest absolute Gasteiger partial charge is 0.480 e. The number of hydrogen-bond acceptors (Lipinski definition) is 6. The third-order valence-electron chi connectivity index (χ3n) is 4.54. The average molecular weight is 417 g/mol. The molecule has 1 aliphatic rings. The number of thioether (sulfide) groups is 1. The van der Waals surface area contributed by atoms with Crippen LogP contribution in [-0.2, 0) is 19.2 Å². The Morgan fingerprint density at radius 2 is 1.96 bits per heavy atom. The minimum absolute atomic E-state index is 0.252. The van der Waals surface area contributed by atoms with E-state index in [0.29, 0.717) is 38.0 Å². The standard InChI is InChI=1S/C18H32N4O5S/c1-11(2)9-12(19)16(25)21-13(6-8-28-3)18(27)22-7-4-5-14(22)17(26)20-10-15(23)24/h11-14H,4-10,19H2,1-3H3,(H,20,26)(H,21,25)(H,23,24). The lowest BCUT2D eigenvalue weighted by molar-refractivity contribution is -0.143. The van der Waals surface area contributed by atoms with E-state index in [1.807, 2.05) is 20.1 Å². The van der Waals surface area contributed by atoms with Crippen molar-refractivity contribution in [3.8, 4) is 0 Å². The first kappa shape index (κ1) is 24.2. The molecule has 0 saturated carbocycles. The lowest BCUT2D eigenvalue weighted by Crippen LogP contribution is -2.56. The monoisotopic (exact) mass is 416 g/mol. The second-order valence-corrected chi connectivity index (χ2v) is 8.37. The second kappa shape index (κ2) is 11.9. The highest BCUT2D eigenvalue weighted by molar-refractivity contribution is 7.98. The second-order valence-electron chi connectivity index (χ2n) is 7.38. The predicted molar refractivity (Wildman–Crippen MR) is 108 cm³/mol. The number of aliphatic carboxylic acids is 1. The van der Waals surface area contributed by atoms with Gasteiger partial charge in [0.25, 0.3) is 0 Å². The Bertz CT molecular complexity index is 572. The summed E-state index contributed by atoms with van der Waals surface area (Å²) in [6.07, 6.45) is 3.96. The molecule has 1 saturated heterocycles. The van der Waals surface area contributed by atoms with E-state index in [1.54, 1.807) is 11.8 Å². The number of nitrogens with one attached hydrogen (secondary N) is 2. The van der Waals surface area contributed by atoms with Gasteiger partial charge in [0.2, 0.25) is 17.7 Å². The van der Waals surface area contributed by atoms with Gasteiger partial charge in [-0.2, -0.15) is 11.8 Å². The number of carbonyl (C=O) groups excluding carboxylic acids is 3. The molecule has 3 atom stereocenters. The van der Waals surface area contributed by atoms with Gasteiger partial charge in [0.15, 0.2) is 0 Å². The molecule has 3 amide bonds. The van der Waals surface area contributed by atoms with Gasteiger partial charge in [0.05, 0.1) is 6.04 Å². The lowest BCUT2D eigenvalue weighted by atomic mass is 10.0. The number of likely N-dealkylation sites (tertiary alicyclic amines) is 1. The number of nitrogens with zero attached hydrogens (tertiary/aromatic N) is 1. The van der Waals surface area contributed by atoms with Crippen LogP contribution in [0.2, 0.25) is 0 Å². The minimum atomic E-state index is -1.14. The molecule has 0 aromatic rings. The van der Waals surface area contributed by atoms with Crippen molar-refractivity contribution in [3.05, 3.63) is 0 Å². The van der Waals surface area contributed by atoms with E-state index in [2.05, 4.69) is 10.6 Å². The molecule has 10 heteroatoms. The Labute approximate surface area is 170 Å². The molecule has 28 heavy (non-hydrogen) atoms. The van der Waals surface area contributed by atoms with Gasteiger partial charge in [-0.25, -0.2) is 0 Å². The van der Waals surface area contributed by atoms with E-state index in [-0.39, 0.29) is 17.7 Å². The Kier molecular flexibility index (Phi) is 10.3. The van der Waals surface area contributed by atoms with Crippen molar-refractivity contribution in [2.45, 2.75) is 57.7 Å². The van der Waals surface area contributed by atoms with Crippen molar-refractivity contribution in [2.24, 2.45) is 11.7 Å². The van der Waals surface area contributed by atoms with Crippen LogP contribution in [0.15, 0.2) is 0 Å². The van der Waals surface area contributed by atoms with Gasteiger partial charge in [-0.05, 0) is 43.6 Å². The summed E-state index contributed by atoms with van der Waals surface area (Å²) in [5, 5.41) is 13.8. The van der Waals surface area contributed by atoms with Crippen molar-refractivity contribution in [3.63, 3.8) is 0 Å². The molecule has 0 aromatic carbocycles. The topological polar surface area (TPSA) is 142 Å². The summed E-state index contributed by atoms with van der Waals surface area (Å²) in [5.74, 6) is -1.42. The smallest absolute Gasteiger partial charge is 0.322 e. The lowest BCUT2D eigenvalue weighted by Gasteiger charge is -2.29. The zero-order valence-electron chi connectivity index (χ0n) is 16.8. The summed E-state index contributed by atoms with van der Waals surface area (Å²) in [6, 6.07) is -2.17. The van der Waals surface area contributed by atoms with E-state index in [0.717, 1.165) is 0 Å². The maximum atomic E-state index is 13.0. The van der Waals surface area contributed by atoms with Crippen LogP contribution >= 0.6 is 11.8 Å². The molecule has 1 rings (SSSR count). The average Bonchev–Trinajstić information content (AvgIpc) is 3.11. The fourth-order valence-electron chi connectivity index (χ4n) is 3.17. The molecule has 0 bridgehead atoms. The summed E-state index contributed by atoms with van der Waals surface area (Å²) < 4.78 is 0. The van der Waals surface area contributed by atoms with Crippen LogP contribution in [0.1, 0.15) is 39.5 Å². The van der Waals surface area contributed by atoms with Crippen LogP contribution in [0.3, 0.4) is 0 Å². The normalized spacial score (nSPS) is 18.6. The van der Waals surface area contributed by atoms with Crippen molar-refractivity contribution in [2.75, 3.05) is 25.1 Å². The first-order valence-corrected chi connectivity index (χ1v) is 10.9. The van der Waals surface area contributed by atoms with Crippen LogP contribution in [0, 0.1) is 5.92 Å². The molecule has 0 radical (unpaired) electrons. The Morgan fingerprint density at radius 3 is 2.54 bits per heavy atom. The summed E-state index contributed by atoms with van der Waals surface area (Å²) >= 11 is 1.56.